The van der Waals surface area contributed by atoms with E-state index in [1.165, 1.54) is 47.9 Å². The molecule has 0 nitrogen and oxygen atoms in total. The SMILES string of the molecule is CC(CCC1C=Cc2ccccc21)CCC1C=Cc2ccccc21. The predicted molar refractivity (Wildman–Crippen MR) is 104 cm³/mol. The average Bonchev–Trinajstić information content (AvgIpc) is 3.22. The quantitative estimate of drug-likeness (QED) is 0.549. The van der Waals surface area contributed by atoms with E-state index in [4.69, 9.17) is 0 Å². The second-order valence-corrected chi connectivity index (χ2v) is 7.45. The Labute approximate surface area is 145 Å². The zero-order valence-electron chi connectivity index (χ0n) is 14.5. The first-order valence-corrected chi connectivity index (χ1v) is 9.35. The highest BCUT2D eigenvalue weighted by molar-refractivity contribution is 5.62. The first kappa shape index (κ1) is 15.4. The first-order valence-electron chi connectivity index (χ1n) is 9.35. The topological polar surface area (TPSA) is 0 Å². The van der Waals surface area contributed by atoms with Crippen molar-refractivity contribution in [2.45, 2.75) is 44.4 Å². The molecule has 0 saturated carbocycles. The lowest BCUT2D eigenvalue weighted by atomic mass is 9.87. The molecule has 2 aromatic rings. The van der Waals surface area contributed by atoms with Crippen LogP contribution in [0.25, 0.3) is 12.2 Å². The summed E-state index contributed by atoms with van der Waals surface area (Å²) in [6.45, 7) is 2.43. The van der Waals surface area contributed by atoms with Crippen molar-refractivity contribution in [1.29, 1.82) is 0 Å². The van der Waals surface area contributed by atoms with Crippen molar-refractivity contribution in [2.75, 3.05) is 0 Å². The maximum atomic E-state index is 2.43. The minimum Gasteiger partial charge on any atom is -0.0764 e. The minimum atomic E-state index is 0.635. The molecule has 2 aliphatic carbocycles. The van der Waals surface area contributed by atoms with Crippen LogP contribution in [0.4, 0.5) is 0 Å². The normalized spacial score (nSPS) is 21.7. The van der Waals surface area contributed by atoms with Gasteiger partial charge in [0.15, 0.2) is 0 Å². The fourth-order valence-electron chi connectivity index (χ4n) is 4.22. The lowest BCUT2D eigenvalue weighted by Crippen LogP contribution is -2.02. The van der Waals surface area contributed by atoms with Crippen molar-refractivity contribution in [3.8, 4) is 0 Å². The van der Waals surface area contributed by atoms with E-state index in [0.29, 0.717) is 11.8 Å². The van der Waals surface area contributed by atoms with Gasteiger partial charge in [0, 0.05) is 11.8 Å². The maximum absolute atomic E-state index is 2.43. The summed E-state index contributed by atoms with van der Waals surface area (Å²) < 4.78 is 0. The fourth-order valence-corrected chi connectivity index (χ4v) is 4.22. The molecule has 2 atom stereocenters. The Hall–Kier alpha value is -2.08. The molecule has 4 rings (SSSR count). The van der Waals surface area contributed by atoms with E-state index < -0.39 is 0 Å². The number of hydrogen-bond acceptors (Lipinski definition) is 0. The van der Waals surface area contributed by atoms with E-state index in [1.54, 1.807) is 0 Å². The van der Waals surface area contributed by atoms with Crippen molar-refractivity contribution in [3.63, 3.8) is 0 Å². The molecule has 0 heterocycles. The molecule has 0 heteroatoms. The summed E-state index contributed by atoms with van der Waals surface area (Å²) in [6, 6.07) is 17.7. The summed E-state index contributed by atoms with van der Waals surface area (Å²) >= 11 is 0. The Bertz CT molecular complexity index is 700. The van der Waals surface area contributed by atoms with E-state index >= 15 is 0 Å². The van der Waals surface area contributed by atoms with Crippen molar-refractivity contribution in [2.24, 2.45) is 5.92 Å². The van der Waals surface area contributed by atoms with Crippen molar-refractivity contribution in [1.82, 2.24) is 0 Å². The van der Waals surface area contributed by atoms with Gasteiger partial charge in [-0.05, 0) is 53.9 Å². The number of rotatable bonds is 6. The van der Waals surface area contributed by atoms with Crippen LogP contribution in [-0.4, -0.2) is 0 Å². The summed E-state index contributed by atoms with van der Waals surface area (Å²) in [6.07, 6.45) is 14.6. The monoisotopic (exact) mass is 314 g/mol. The van der Waals surface area contributed by atoms with Crippen molar-refractivity contribution < 1.29 is 0 Å². The summed E-state index contributed by atoms with van der Waals surface area (Å²) in [5, 5.41) is 0. The van der Waals surface area contributed by atoms with Gasteiger partial charge in [-0.25, -0.2) is 0 Å². The molecule has 0 radical (unpaired) electrons. The highest BCUT2D eigenvalue weighted by Gasteiger charge is 2.19. The van der Waals surface area contributed by atoms with Gasteiger partial charge in [-0.2, -0.15) is 0 Å². The molecule has 0 N–H and O–H groups in total. The van der Waals surface area contributed by atoms with Crippen LogP contribution in [0.2, 0.25) is 0 Å². The van der Waals surface area contributed by atoms with Gasteiger partial charge in [0.25, 0.3) is 0 Å². The molecule has 2 unspecified atom stereocenters. The summed E-state index contributed by atoms with van der Waals surface area (Å²) in [5.41, 5.74) is 5.89. The van der Waals surface area contributed by atoms with E-state index in [-0.39, 0.29) is 0 Å². The van der Waals surface area contributed by atoms with Crippen LogP contribution in [0.15, 0.2) is 60.7 Å². The second-order valence-electron chi connectivity index (χ2n) is 7.45. The Kier molecular flexibility index (Phi) is 4.38. The molecule has 0 amide bonds. The van der Waals surface area contributed by atoms with E-state index in [9.17, 15) is 0 Å². The molecule has 0 bridgehead atoms. The van der Waals surface area contributed by atoms with Gasteiger partial charge in [-0.1, -0.05) is 79.8 Å². The molecule has 24 heavy (non-hydrogen) atoms. The Morgan fingerprint density at radius 3 is 1.67 bits per heavy atom. The number of allylic oxidation sites excluding steroid dienone is 2. The van der Waals surface area contributed by atoms with Gasteiger partial charge in [0.2, 0.25) is 0 Å². The molecular weight excluding hydrogens is 288 g/mol. The van der Waals surface area contributed by atoms with Crippen LogP contribution < -0.4 is 0 Å². The predicted octanol–water partition coefficient (Wildman–Crippen LogP) is 6.80. The number of fused-ring (bicyclic) bond motifs is 2. The highest BCUT2D eigenvalue weighted by Crippen LogP contribution is 2.37. The number of benzene rings is 2. The van der Waals surface area contributed by atoms with Crippen LogP contribution in [0.1, 0.15) is 66.7 Å². The molecule has 0 fully saturated rings. The molecule has 0 aromatic heterocycles. The third-order valence-corrected chi connectivity index (χ3v) is 5.75. The van der Waals surface area contributed by atoms with Crippen molar-refractivity contribution in [3.05, 3.63) is 82.9 Å². The van der Waals surface area contributed by atoms with E-state index in [2.05, 4.69) is 79.8 Å². The minimum absolute atomic E-state index is 0.635. The van der Waals surface area contributed by atoms with Gasteiger partial charge in [0.1, 0.15) is 0 Å². The Morgan fingerprint density at radius 1 is 0.708 bits per heavy atom. The zero-order chi connectivity index (χ0) is 16.4. The Balaban J connectivity index is 1.27. The lowest BCUT2D eigenvalue weighted by Gasteiger charge is -2.17. The molecule has 2 aromatic carbocycles. The third kappa shape index (κ3) is 3.11. The summed E-state index contributed by atoms with van der Waals surface area (Å²) in [7, 11) is 0. The van der Waals surface area contributed by atoms with Crippen LogP contribution in [-0.2, 0) is 0 Å². The van der Waals surface area contributed by atoms with E-state index in [0.717, 1.165) is 5.92 Å². The van der Waals surface area contributed by atoms with Crippen LogP contribution in [0.5, 0.6) is 0 Å². The standard InChI is InChI=1S/C24H26/c1-18(10-12-21-16-14-19-6-2-4-8-23(19)21)11-13-22-17-15-20-7-3-5-9-24(20)22/h2-9,14-18,21-22H,10-13H2,1H3. The van der Waals surface area contributed by atoms with Gasteiger partial charge in [-0.3, -0.25) is 0 Å². The summed E-state index contributed by atoms with van der Waals surface area (Å²) in [4.78, 5) is 0. The molecule has 2 aliphatic rings. The lowest BCUT2D eigenvalue weighted by molar-refractivity contribution is 0.442. The van der Waals surface area contributed by atoms with Gasteiger partial charge >= 0.3 is 0 Å². The smallest absolute Gasteiger partial charge is 0.00273 e. The van der Waals surface area contributed by atoms with Gasteiger partial charge in [0.05, 0.1) is 0 Å². The largest absolute Gasteiger partial charge is 0.0764 e. The molecule has 0 saturated heterocycles. The van der Waals surface area contributed by atoms with Crippen LogP contribution in [0, 0.1) is 5.92 Å². The highest BCUT2D eigenvalue weighted by atomic mass is 14.2. The molecule has 0 spiro atoms. The van der Waals surface area contributed by atoms with Gasteiger partial charge in [-0.15, -0.1) is 0 Å². The van der Waals surface area contributed by atoms with Crippen LogP contribution in [0.3, 0.4) is 0 Å². The fraction of sp³-hybridized carbons (Fsp3) is 0.333. The van der Waals surface area contributed by atoms with Crippen LogP contribution >= 0.6 is 0 Å². The molecular formula is C24H26. The number of hydrogen-bond donors (Lipinski definition) is 0. The van der Waals surface area contributed by atoms with Crippen molar-refractivity contribution >= 4 is 12.2 Å². The molecule has 0 aliphatic heterocycles. The van der Waals surface area contributed by atoms with Gasteiger partial charge < -0.3 is 0 Å². The first-order chi connectivity index (χ1) is 11.8. The van der Waals surface area contributed by atoms with E-state index in [1.807, 2.05) is 0 Å². The molecule has 122 valence electrons. The zero-order valence-corrected chi connectivity index (χ0v) is 14.5. The maximum Gasteiger partial charge on any atom is 0.00273 e. The third-order valence-electron chi connectivity index (χ3n) is 5.75. The second kappa shape index (κ2) is 6.81. The Morgan fingerprint density at radius 2 is 1.17 bits per heavy atom. The average molecular weight is 314 g/mol. The summed E-state index contributed by atoms with van der Waals surface area (Å²) in [5.74, 6) is 2.07.